The number of nitrogen functional groups attached to an aromatic ring is 1. The van der Waals surface area contributed by atoms with Gasteiger partial charge in [-0.25, -0.2) is 9.97 Å². The topological polar surface area (TPSA) is 73.9 Å². The van der Waals surface area contributed by atoms with Gasteiger partial charge in [0, 0.05) is 11.8 Å². The summed E-state index contributed by atoms with van der Waals surface area (Å²) in [7, 11) is 1.57. The van der Waals surface area contributed by atoms with E-state index in [-0.39, 0.29) is 5.82 Å². The maximum atomic E-state index is 6.00. The number of hydrogen-bond acceptors (Lipinski definition) is 5. The Bertz CT molecular complexity index is 518. The predicted octanol–water partition coefficient (Wildman–Crippen LogP) is 1.78. The molecule has 2 heterocycles. The van der Waals surface area contributed by atoms with Crippen LogP contribution in [-0.4, -0.2) is 22.1 Å². The first-order chi connectivity index (χ1) is 7.72. The van der Waals surface area contributed by atoms with Gasteiger partial charge in [-0.2, -0.15) is 0 Å². The van der Waals surface area contributed by atoms with Crippen molar-refractivity contribution in [3.63, 3.8) is 0 Å². The van der Waals surface area contributed by atoms with Crippen LogP contribution in [0, 0.1) is 0 Å². The summed E-state index contributed by atoms with van der Waals surface area (Å²) in [4.78, 5) is 11.9. The molecule has 5 nitrogen and oxygen atoms in total. The summed E-state index contributed by atoms with van der Waals surface area (Å²) in [6.07, 6.45) is 4.59. The Morgan fingerprint density at radius 1 is 1.31 bits per heavy atom. The molecule has 0 radical (unpaired) electrons. The molecule has 0 saturated heterocycles. The van der Waals surface area contributed by atoms with Crippen LogP contribution in [0.25, 0.3) is 11.3 Å². The summed E-state index contributed by atoms with van der Waals surface area (Å²) in [5.41, 5.74) is 6.87. The molecular formula is C10H9ClN4O. The molecule has 2 N–H and O–H groups in total. The number of pyridine rings is 1. The van der Waals surface area contributed by atoms with Gasteiger partial charge in [-0.15, -0.1) is 0 Å². The van der Waals surface area contributed by atoms with Gasteiger partial charge in [0.2, 0.25) is 0 Å². The Morgan fingerprint density at radius 2 is 2.12 bits per heavy atom. The lowest BCUT2D eigenvalue weighted by molar-refractivity contribution is 0.413. The first-order valence-electron chi connectivity index (χ1n) is 4.47. The Morgan fingerprint density at radius 3 is 2.88 bits per heavy atom. The molecule has 6 heteroatoms. The van der Waals surface area contributed by atoms with Crippen LogP contribution < -0.4 is 10.5 Å². The molecule has 2 aromatic heterocycles. The van der Waals surface area contributed by atoms with Gasteiger partial charge in [0.15, 0.2) is 0 Å². The van der Waals surface area contributed by atoms with Gasteiger partial charge in [-0.1, -0.05) is 11.6 Å². The minimum Gasteiger partial charge on any atom is -0.495 e. The van der Waals surface area contributed by atoms with E-state index < -0.39 is 0 Å². The number of anilines is 1. The van der Waals surface area contributed by atoms with Crippen LogP contribution in [0.3, 0.4) is 0 Å². The van der Waals surface area contributed by atoms with Gasteiger partial charge in [0.1, 0.15) is 22.9 Å². The summed E-state index contributed by atoms with van der Waals surface area (Å²) in [6, 6.07) is 1.78. The molecule has 0 spiro atoms. The molecule has 0 aliphatic heterocycles. The third-order valence-electron chi connectivity index (χ3n) is 2.04. The van der Waals surface area contributed by atoms with Crippen LogP contribution in [0.5, 0.6) is 5.75 Å². The van der Waals surface area contributed by atoms with Gasteiger partial charge >= 0.3 is 0 Å². The molecule has 0 fully saturated rings. The lowest BCUT2D eigenvalue weighted by Crippen LogP contribution is -1.96. The molecule has 2 rings (SSSR count). The Hall–Kier alpha value is -1.88. The van der Waals surface area contributed by atoms with E-state index in [1.807, 2.05) is 0 Å². The highest BCUT2D eigenvalue weighted by molar-refractivity contribution is 6.35. The van der Waals surface area contributed by atoms with Gasteiger partial charge in [0.05, 0.1) is 19.0 Å². The third-order valence-corrected chi connectivity index (χ3v) is 2.41. The van der Waals surface area contributed by atoms with Crippen LogP contribution in [0.2, 0.25) is 5.02 Å². The molecule has 0 unspecified atom stereocenters. The number of aromatic nitrogens is 3. The first kappa shape index (κ1) is 10.6. The minimum atomic E-state index is 0.245. The number of rotatable bonds is 2. The van der Waals surface area contributed by atoms with E-state index in [1.54, 1.807) is 25.6 Å². The fraction of sp³-hybridized carbons (Fsp3) is 0.100. The second kappa shape index (κ2) is 4.32. The van der Waals surface area contributed by atoms with E-state index in [9.17, 15) is 0 Å². The quantitative estimate of drug-likeness (QED) is 0.860. The first-order valence-corrected chi connectivity index (χ1v) is 4.85. The van der Waals surface area contributed by atoms with Crippen LogP contribution in [0.4, 0.5) is 5.82 Å². The lowest BCUT2D eigenvalue weighted by atomic mass is 10.2. The zero-order valence-electron chi connectivity index (χ0n) is 8.51. The summed E-state index contributed by atoms with van der Waals surface area (Å²) in [6.45, 7) is 0. The molecule has 0 amide bonds. The maximum absolute atomic E-state index is 6.00. The average Bonchev–Trinajstić information content (AvgIpc) is 2.33. The average molecular weight is 237 g/mol. The van der Waals surface area contributed by atoms with E-state index in [1.165, 1.54) is 6.33 Å². The van der Waals surface area contributed by atoms with Crippen LogP contribution >= 0.6 is 11.6 Å². The predicted molar refractivity (Wildman–Crippen MR) is 61.2 cm³/mol. The van der Waals surface area contributed by atoms with Gasteiger partial charge in [-0.3, -0.25) is 4.98 Å². The molecule has 0 atom stereocenters. The number of ether oxygens (including phenoxy) is 1. The van der Waals surface area contributed by atoms with Crippen molar-refractivity contribution in [1.29, 1.82) is 0 Å². The van der Waals surface area contributed by atoms with Gasteiger partial charge in [-0.05, 0) is 6.07 Å². The largest absolute Gasteiger partial charge is 0.495 e. The van der Waals surface area contributed by atoms with E-state index in [0.29, 0.717) is 16.5 Å². The smallest absolute Gasteiger partial charge is 0.146 e. The molecule has 82 valence electrons. The summed E-state index contributed by atoms with van der Waals surface area (Å²) in [5.74, 6) is 0.875. The molecule has 0 aliphatic rings. The van der Waals surface area contributed by atoms with E-state index >= 15 is 0 Å². The molecule has 0 aliphatic carbocycles. The number of nitrogens with two attached hydrogens (primary N) is 1. The Labute approximate surface area is 97.3 Å². The van der Waals surface area contributed by atoms with Crippen molar-refractivity contribution in [2.45, 2.75) is 0 Å². The highest BCUT2D eigenvalue weighted by Gasteiger charge is 2.09. The zero-order valence-corrected chi connectivity index (χ0v) is 9.27. The maximum Gasteiger partial charge on any atom is 0.146 e. The van der Waals surface area contributed by atoms with Crippen LogP contribution in [0.1, 0.15) is 0 Å². The third kappa shape index (κ3) is 1.90. The molecule has 2 aromatic rings. The van der Waals surface area contributed by atoms with E-state index in [2.05, 4.69) is 15.0 Å². The highest BCUT2D eigenvalue weighted by atomic mass is 35.5. The number of halogens is 1. The van der Waals surface area contributed by atoms with Crippen LogP contribution in [-0.2, 0) is 0 Å². The Kier molecular flexibility index (Phi) is 2.87. The van der Waals surface area contributed by atoms with Crippen molar-refractivity contribution < 1.29 is 4.74 Å². The highest BCUT2D eigenvalue weighted by Crippen LogP contribution is 2.29. The van der Waals surface area contributed by atoms with Crippen LogP contribution in [0.15, 0.2) is 24.8 Å². The van der Waals surface area contributed by atoms with E-state index in [0.717, 1.165) is 5.56 Å². The lowest BCUT2D eigenvalue weighted by Gasteiger charge is -2.05. The number of nitrogens with zero attached hydrogens (tertiary/aromatic N) is 3. The standard InChI is InChI=1S/C10H9ClN4O/c1-16-7-2-6(3-13-4-7)9-8(11)10(12)15-5-14-9/h2-5H,1H3,(H2,12,14,15). The van der Waals surface area contributed by atoms with E-state index in [4.69, 9.17) is 22.1 Å². The SMILES string of the molecule is COc1cncc(-c2ncnc(N)c2Cl)c1. The Balaban J connectivity index is 2.54. The molecule has 0 aromatic carbocycles. The zero-order chi connectivity index (χ0) is 11.5. The monoisotopic (exact) mass is 236 g/mol. The summed E-state index contributed by atoms with van der Waals surface area (Å²) < 4.78 is 5.07. The van der Waals surface area contributed by atoms with Crippen molar-refractivity contribution in [2.24, 2.45) is 0 Å². The van der Waals surface area contributed by atoms with Gasteiger partial charge in [0.25, 0.3) is 0 Å². The van der Waals surface area contributed by atoms with Crippen molar-refractivity contribution in [1.82, 2.24) is 15.0 Å². The molecule has 0 saturated carbocycles. The van der Waals surface area contributed by atoms with Crippen molar-refractivity contribution in [2.75, 3.05) is 12.8 Å². The minimum absolute atomic E-state index is 0.245. The fourth-order valence-corrected chi connectivity index (χ4v) is 1.45. The summed E-state index contributed by atoms with van der Waals surface area (Å²) >= 11 is 6.00. The molecule has 0 bridgehead atoms. The molecule has 16 heavy (non-hydrogen) atoms. The number of methoxy groups -OCH3 is 1. The van der Waals surface area contributed by atoms with Crippen molar-refractivity contribution in [3.05, 3.63) is 29.8 Å². The summed E-state index contributed by atoms with van der Waals surface area (Å²) in [5, 5.41) is 0.317. The second-order valence-corrected chi connectivity index (χ2v) is 3.41. The molecular weight excluding hydrogens is 228 g/mol. The van der Waals surface area contributed by atoms with Crippen molar-refractivity contribution >= 4 is 17.4 Å². The number of hydrogen-bond donors (Lipinski definition) is 1. The van der Waals surface area contributed by atoms with Crippen molar-refractivity contribution in [3.8, 4) is 17.0 Å². The fourth-order valence-electron chi connectivity index (χ4n) is 1.24. The normalized spacial score (nSPS) is 10.1. The second-order valence-electron chi connectivity index (χ2n) is 3.03. The van der Waals surface area contributed by atoms with Gasteiger partial charge < -0.3 is 10.5 Å².